The van der Waals surface area contributed by atoms with Crippen LogP contribution in [0.4, 0.5) is 0 Å². The molecule has 3 nitrogen and oxygen atoms in total. The van der Waals surface area contributed by atoms with Crippen LogP contribution in [0.1, 0.15) is 0 Å². The molecule has 0 amide bonds. The first kappa shape index (κ1) is 8.01. The molecule has 1 fully saturated rings. The van der Waals surface area contributed by atoms with Crippen molar-refractivity contribution in [2.75, 3.05) is 18.8 Å². The van der Waals surface area contributed by atoms with Crippen LogP contribution < -0.4 is 5.32 Å². The molecule has 12 heavy (non-hydrogen) atoms. The standard InChI is InChI=1S/C8H11N3S/c1-2-11-8(5-9-1)12-6-7-3-10-4-7/h1-2,5,7,10H,3-4,6H2. The van der Waals surface area contributed by atoms with E-state index in [1.807, 2.05) is 6.20 Å². The van der Waals surface area contributed by atoms with Crippen molar-refractivity contribution in [3.05, 3.63) is 18.6 Å². The minimum absolute atomic E-state index is 0.831. The van der Waals surface area contributed by atoms with E-state index in [0.717, 1.165) is 29.8 Å². The van der Waals surface area contributed by atoms with Crippen LogP contribution in [0.15, 0.2) is 23.6 Å². The normalized spacial score (nSPS) is 17.3. The van der Waals surface area contributed by atoms with E-state index in [2.05, 4.69) is 15.3 Å². The molecule has 1 aromatic heterocycles. The molecule has 1 aromatic rings. The summed E-state index contributed by atoms with van der Waals surface area (Å²) in [6.45, 7) is 2.32. The highest BCUT2D eigenvalue weighted by molar-refractivity contribution is 7.99. The summed E-state index contributed by atoms with van der Waals surface area (Å²) < 4.78 is 0. The van der Waals surface area contributed by atoms with Gasteiger partial charge in [0.15, 0.2) is 0 Å². The monoisotopic (exact) mass is 181 g/mol. The molecule has 1 N–H and O–H groups in total. The number of hydrogen-bond acceptors (Lipinski definition) is 4. The molecule has 2 heterocycles. The maximum atomic E-state index is 4.19. The summed E-state index contributed by atoms with van der Waals surface area (Å²) >= 11 is 1.79. The molecular weight excluding hydrogens is 170 g/mol. The first-order chi connectivity index (χ1) is 5.95. The molecule has 2 rings (SSSR count). The first-order valence-corrected chi connectivity index (χ1v) is 5.03. The molecule has 0 spiro atoms. The second-order valence-corrected chi connectivity index (χ2v) is 3.92. The molecule has 0 unspecified atom stereocenters. The van der Waals surface area contributed by atoms with Crippen LogP contribution in [0.3, 0.4) is 0 Å². The van der Waals surface area contributed by atoms with Crippen LogP contribution >= 0.6 is 11.8 Å². The van der Waals surface area contributed by atoms with E-state index in [1.165, 1.54) is 0 Å². The minimum atomic E-state index is 0.831. The highest BCUT2D eigenvalue weighted by Gasteiger charge is 2.16. The Labute approximate surface area is 76.0 Å². The second kappa shape index (κ2) is 3.87. The summed E-state index contributed by atoms with van der Waals surface area (Å²) in [6.07, 6.45) is 5.26. The third kappa shape index (κ3) is 1.95. The Bertz CT molecular complexity index is 235. The molecule has 1 aliphatic heterocycles. The van der Waals surface area contributed by atoms with Gasteiger partial charge in [-0.3, -0.25) is 4.98 Å². The van der Waals surface area contributed by atoms with Crippen LogP contribution in [0, 0.1) is 5.92 Å². The molecule has 0 radical (unpaired) electrons. The van der Waals surface area contributed by atoms with E-state index in [-0.39, 0.29) is 0 Å². The van der Waals surface area contributed by atoms with Gasteiger partial charge in [0.1, 0.15) is 5.03 Å². The van der Waals surface area contributed by atoms with Gasteiger partial charge in [-0.15, -0.1) is 11.8 Å². The van der Waals surface area contributed by atoms with Gasteiger partial charge in [0, 0.05) is 18.1 Å². The fourth-order valence-corrected chi connectivity index (χ4v) is 1.94. The molecule has 0 atom stereocenters. The molecule has 64 valence electrons. The lowest BCUT2D eigenvalue weighted by Gasteiger charge is -2.26. The van der Waals surface area contributed by atoms with Crippen LogP contribution in [-0.2, 0) is 0 Å². The van der Waals surface area contributed by atoms with Gasteiger partial charge in [-0.25, -0.2) is 4.98 Å². The molecule has 0 bridgehead atoms. The van der Waals surface area contributed by atoms with Crippen molar-refractivity contribution in [1.82, 2.24) is 15.3 Å². The molecule has 0 aliphatic carbocycles. The Kier molecular flexibility index (Phi) is 2.58. The molecule has 1 aliphatic rings. The largest absolute Gasteiger partial charge is 0.316 e. The quantitative estimate of drug-likeness (QED) is 0.700. The predicted molar refractivity (Wildman–Crippen MR) is 49.1 cm³/mol. The lowest BCUT2D eigenvalue weighted by Crippen LogP contribution is -2.43. The van der Waals surface area contributed by atoms with Crippen molar-refractivity contribution in [3.63, 3.8) is 0 Å². The summed E-state index contributed by atoms with van der Waals surface area (Å²) in [5.41, 5.74) is 0. The fourth-order valence-electron chi connectivity index (χ4n) is 1.03. The van der Waals surface area contributed by atoms with Crippen molar-refractivity contribution in [3.8, 4) is 0 Å². The molecule has 0 saturated carbocycles. The van der Waals surface area contributed by atoms with Gasteiger partial charge in [-0.05, 0) is 19.0 Å². The minimum Gasteiger partial charge on any atom is -0.316 e. The van der Waals surface area contributed by atoms with E-state index in [9.17, 15) is 0 Å². The second-order valence-electron chi connectivity index (χ2n) is 2.88. The van der Waals surface area contributed by atoms with E-state index in [4.69, 9.17) is 0 Å². The average Bonchev–Trinajstić information content (AvgIpc) is 2.04. The van der Waals surface area contributed by atoms with Crippen molar-refractivity contribution in [2.24, 2.45) is 5.92 Å². The maximum absolute atomic E-state index is 4.19. The smallest absolute Gasteiger partial charge is 0.114 e. The number of hydrogen-bond donors (Lipinski definition) is 1. The van der Waals surface area contributed by atoms with Crippen molar-refractivity contribution >= 4 is 11.8 Å². The van der Waals surface area contributed by atoms with Gasteiger partial charge < -0.3 is 5.32 Å². The number of nitrogens with one attached hydrogen (secondary N) is 1. The van der Waals surface area contributed by atoms with Gasteiger partial charge in [-0.2, -0.15) is 0 Å². The Morgan fingerprint density at radius 3 is 3.00 bits per heavy atom. The van der Waals surface area contributed by atoms with Gasteiger partial charge in [0.25, 0.3) is 0 Å². The third-order valence-corrected chi connectivity index (χ3v) is 3.02. The number of thioether (sulfide) groups is 1. The summed E-state index contributed by atoms with van der Waals surface area (Å²) in [6, 6.07) is 0. The molecule has 4 heteroatoms. The molecule has 0 aromatic carbocycles. The summed E-state index contributed by atoms with van der Waals surface area (Å²) in [4.78, 5) is 8.20. The van der Waals surface area contributed by atoms with Crippen LogP contribution in [0.5, 0.6) is 0 Å². The van der Waals surface area contributed by atoms with Gasteiger partial charge in [0.05, 0.1) is 6.20 Å². The average molecular weight is 181 g/mol. The van der Waals surface area contributed by atoms with Crippen molar-refractivity contribution < 1.29 is 0 Å². The van der Waals surface area contributed by atoms with Crippen LogP contribution in [0.2, 0.25) is 0 Å². The highest BCUT2D eigenvalue weighted by atomic mass is 32.2. The zero-order valence-corrected chi connectivity index (χ0v) is 7.55. The Hall–Kier alpha value is -0.610. The topological polar surface area (TPSA) is 37.8 Å². The lowest BCUT2D eigenvalue weighted by molar-refractivity contribution is 0.385. The zero-order chi connectivity index (χ0) is 8.23. The molecule has 1 saturated heterocycles. The number of rotatable bonds is 3. The lowest BCUT2D eigenvalue weighted by atomic mass is 10.1. The van der Waals surface area contributed by atoms with Crippen LogP contribution in [0.25, 0.3) is 0 Å². The van der Waals surface area contributed by atoms with E-state index in [1.54, 1.807) is 24.2 Å². The number of aromatic nitrogens is 2. The first-order valence-electron chi connectivity index (χ1n) is 4.04. The maximum Gasteiger partial charge on any atom is 0.114 e. The van der Waals surface area contributed by atoms with E-state index < -0.39 is 0 Å². The highest BCUT2D eigenvalue weighted by Crippen LogP contribution is 2.18. The summed E-state index contributed by atoms with van der Waals surface area (Å²) in [5, 5.41) is 4.28. The SMILES string of the molecule is c1cnc(SCC2CNC2)cn1. The van der Waals surface area contributed by atoms with Gasteiger partial charge in [0.2, 0.25) is 0 Å². The third-order valence-electron chi connectivity index (χ3n) is 1.87. The predicted octanol–water partition coefficient (Wildman–Crippen LogP) is 0.788. The summed E-state index contributed by atoms with van der Waals surface area (Å²) in [7, 11) is 0. The zero-order valence-electron chi connectivity index (χ0n) is 6.73. The van der Waals surface area contributed by atoms with Gasteiger partial charge >= 0.3 is 0 Å². The van der Waals surface area contributed by atoms with Gasteiger partial charge in [-0.1, -0.05) is 0 Å². The summed E-state index contributed by atoms with van der Waals surface area (Å²) in [5.74, 6) is 1.99. The Morgan fingerprint density at radius 1 is 1.50 bits per heavy atom. The molecular formula is C8H11N3S. The Balaban J connectivity index is 1.79. The number of nitrogens with zero attached hydrogens (tertiary/aromatic N) is 2. The Morgan fingerprint density at radius 2 is 2.42 bits per heavy atom. The van der Waals surface area contributed by atoms with Crippen LogP contribution in [-0.4, -0.2) is 28.8 Å². The van der Waals surface area contributed by atoms with Crippen molar-refractivity contribution in [2.45, 2.75) is 5.03 Å². The van der Waals surface area contributed by atoms with E-state index >= 15 is 0 Å². The van der Waals surface area contributed by atoms with Crippen molar-refractivity contribution in [1.29, 1.82) is 0 Å². The fraction of sp³-hybridized carbons (Fsp3) is 0.500. The van der Waals surface area contributed by atoms with E-state index in [0.29, 0.717) is 0 Å².